The van der Waals surface area contributed by atoms with Crippen LogP contribution in [0.5, 0.6) is 0 Å². The molecule has 3 atom stereocenters. The standard InChI is InChI=1S/C18H36N2O/c1-5-18(3)14-20(15(2)11-12-21-4)17(13-19-18)16-9-7-6-8-10-16/h15-17,19H,5-14H2,1-4H3. The van der Waals surface area contributed by atoms with Crippen LogP contribution in [-0.4, -0.2) is 49.3 Å². The molecule has 1 aliphatic carbocycles. The maximum Gasteiger partial charge on any atom is 0.0477 e. The van der Waals surface area contributed by atoms with Crippen LogP contribution < -0.4 is 5.32 Å². The molecule has 1 aliphatic heterocycles. The second-order valence-corrected chi connectivity index (χ2v) is 7.56. The van der Waals surface area contributed by atoms with Gasteiger partial charge in [-0.3, -0.25) is 4.90 Å². The normalized spacial score (nSPS) is 34.0. The largest absolute Gasteiger partial charge is 0.385 e. The number of piperazine rings is 1. The van der Waals surface area contributed by atoms with Gasteiger partial charge in [0.15, 0.2) is 0 Å². The molecule has 0 radical (unpaired) electrons. The van der Waals surface area contributed by atoms with E-state index in [-0.39, 0.29) is 5.54 Å². The van der Waals surface area contributed by atoms with Gasteiger partial charge in [0, 0.05) is 44.4 Å². The summed E-state index contributed by atoms with van der Waals surface area (Å²) < 4.78 is 5.32. The van der Waals surface area contributed by atoms with Gasteiger partial charge in [-0.2, -0.15) is 0 Å². The summed E-state index contributed by atoms with van der Waals surface area (Å²) in [6.07, 6.45) is 9.55. The van der Waals surface area contributed by atoms with E-state index in [1.54, 1.807) is 0 Å². The van der Waals surface area contributed by atoms with Crippen LogP contribution in [0, 0.1) is 5.92 Å². The summed E-state index contributed by atoms with van der Waals surface area (Å²) in [5.41, 5.74) is 0.284. The van der Waals surface area contributed by atoms with Gasteiger partial charge in [-0.05, 0) is 45.4 Å². The molecule has 1 heterocycles. The monoisotopic (exact) mass is 296 g/mol. The molecule has 0 spiro atoms. The Morgan fingerprint density at radius 3 is 2.62 bits per heavy atom. The molecule has 3 nitrogen and oxygen atoms in total. The van der Waals surface area contributed by atoms with Crippen molar-refractivity contribution in [2.75, 3.05) is 26.8 Å². The summed E-state index contributed by atoms with van der Waals surface area (Å²) >= 11 is 0. The third-order valence-electron chi connectivity index (χ3n) is 5.98. The first-order valence-corrected chi connectivity index (χ1v) is 9.09. The van der Waals surface area contributed by atoms with Crippen molar-refractivity contribution in [2.24, 2.45) is 5.92 Å². The predicted molar refractivity (Wildman–Crippen MR) is 89.7 cm³/mol. The molecule has 2 rings (SSSR count). The maximum absolute atomic E-state index is 5.32. The minimum atomic E-state index is 0.284. The molecule has 1 N–H and O–H groups in total. The molecule has 1 saturated heterocycles. The number of ether oxygens (including phenoxy) is 1. The van der Waals surface area contributed by atoms with Gasteiger partial charge in [0.2, 0.25) is 0 Å². The summed E-state index contributed by atoms with van der Waals surface area (Å²) in [7, 11) is 1.82. The highest BCUT2D eigenvalue weighted by Crippen LogP contribution is 2.33. The summed E-state index contributed by atoms with van der Waals surface area (Å²) in [5, 5.41) is 3.86. The lowest BCUT2D eigenvalue weighted by atomic mass is 9.80. The summed E-state index contributed by atoms with van der Waals surface area (Å²) in [4.78, 5) is 2.81. The second kappa shape index (κ2) is 7.94. The molecule has 3 heteroatoms. The second-order valence-electron chi connectivity index (χ2n) is 7.56. The number of hydrogen-bond acceptors (Lipinski definition) is 3. The molecule has 21 heavy (non-hydrogen) atoms. The van der Waals surface area contributed by atoms with Crippen LogP contribution in [0.1, 0.15) is 65.7 Å². The number of hydrogen-bond donors (Lipinski definition) is 1. The molecule has 1 saturated carbocycles. The van der Waals surface area contributed by atoms with E-state index in [4.69, 9.17) is 4.74 Å². The zero-order chi connectivity index (χ0) is 15.3. The molecular formula is C18H36N2O. The smallest absolute Gasteiger partial charge is 0.0477 e. The van der Waals surface area contributed by atoms with Gasteiger partial charge in [0.1, 0.15) is 0 Å². The van der Waals surface area contributed by atoms with Crippen LogP contribution in [0.15, 0.2) is 0 Å². The minimum Gasteiger partial charge on any atom is -0.385 e. The first-order valence-electron chi connectivity index (χ1n) is 9.09. The third-order valence-corrected chi connectivity index (χ3v) is 5.98. The zero-order valence-electron chi connectivity index (χ0n) is 14.7. The molecule has 2 aliphatic rings. The van der Waals surface area contributed by atoms with E-state index in [0.29, 0.717) is 6.04 Å². The summed E-state index contributed by atoms with van der Waals surface area (Å²) in [6.45, 7) is 10.3. The Hall–Kier alpha value is -0.120. The zero-order valence-corrected chi connectivity index (χ0v) is 14.7. The van der Waals surface area contributed by atoms with Crippen molar-refractivity contribution in [3.8, 4) is 0 Å². The van der Waals surface area contributed by atoms with Gasteiger partial charge in [-0.15, -0.1) is 0 Å². The number of nitrogens with zero attached hydrogens (tertiary/aromatic N) is 1. The molecule has 3 unspecified atom stereocenters. The third kappa shape index (κ3) is 4.43. The van der Waals surface area contributed by atoms with E-state index in [2.05, 4.69) is 31.0 Å². The Balaban J connectivity index is 2.05. The number of nitrogens with one attached hydrogen (secondary N) is 1. The molecule has 0 aromatic heterocycles. The topological polar surface area (TPSA) is 24.5 Å². The van der Waals surface area contributed by atoms with Crippen molar-refractivity contribution in [3.05, 3.63) is 0 Å². The lowest BCUT2D eigenvalue weighted by molar-refractivity contribution is 0.00453. The Kier molecular flexibility index (Phi) is 6.51. The highest BCUT2D eigenvalue weighted by Gasteiger charge is 2.39. The Morgan fingerprint density at radius 1 is 1.29 bits per heavy atom. The first-order chi connectivity index (χ1) is 10.1. The van der Waals surface area contributed by atoms with Gasteiger partial charge in [-0.1, -0.05) is 26.2 Å². The fraction of sp³-hybridized carbons (Fsp3) is 1.00. The molecule has 0 amide bonds. The van der Waals surface area contributed by atoms with Crippen LogP contribution in [0.2, 0.25) is 0 Å². The van der Waals surface area contributed by atoms with Crippen LogP contribution in [0.25, 0.3) is 0 Å². The van der Waals surface area contributed by atoms with Crippen molar-refractivity contribution in [1.82, 2.24) is 10.2 Å². The van der Waals surface area contributed by atoms with Crippen LogP contribution in [0.4, 0.5) is 0 Å². The Morgan fingerprint density at radius 2 is 2.00 bits per heavy atom. The number of rotatable bonds is 6. The van der Waals surface area contributed by atoms with E-state index in [9.17, 15) is 0 Å². The summed E-state index contributed by atoms with van der Waals surface area (Å²) in [6, 6.07) is 1.36. The Bertz CT molecular complexity index is 304. The van der Waals surface area contributed by atoms with Crippen molar-refractivity contribution in [3.63, 3.8) is 0 Å². The first kappa shape index (κ1) is 17.2. The van der Waals surface area contributed by atoms with E-state index >= 15 is 0 Å². The lowest BCUT2D eigenvalue weighted by Gasteiger charge is -2.51. The van der Waals surface area contributed by atoms with E-state index in [1.165, 1.54) is 51.6 Å². The van der Waals surface area contributed by atoms with Gasteiger partial charge in [0.05, 0.1) is 0 Å². The SMILES string of the molecule is CCC1(C)CN(C(C)CCOC)C(C2CCCCC2)CN1. The molecule has 0 aromatic carbocycles. The molecular weight excluding hydrogens is 260 g/mol. The van der Waals surface area contributed by atoms with E-state index < -0.39 is 0 Å². The van der Waals surface area contributed by atoms with Gasteiger partial charge >= 0.3 is 0 Å². The van der Waals surface area contributed by atoms with Crippen molar-refractivity contribution in [1.29, 1.82) is 0 Å². The average Bonchev–Trinajstić information content (AvgIpc) is 2.53. The fourth-order valence-electron chi connectivity index (χ4n) is 4.17. The van der Waals surface area contributed by atoms with Crippen LogP contribution in [0.3, 0.4) is 0 Å². The highest BCUT2D eigenvalue weighted by atomic mass is 16.5. The average molecular weight is 296 g/mol. The molecule has 0 aromatic rings. The fourth-order valence-corrected chi connectivity index (χ4v) is 4.17. The van der Waals surface area contributed by atoms with Gasteiger partial charge in [0.25, 0.3) is 0 Å². The highest BCUT2D eigenvalue weighted by molar-refractivity contribution is 4.98. The predicted octanol–water partition coefficient (Wildman–Crippen LogP) is 3.43. The molecule has 0 bridgehead atoms. The van der Waals surface area contributed by atoms with Crippen molar-refractivity contribution >= 4 is 0 Å². The minimum absolute atomic E-state index is 0.284. The van der Waals surface area contributed by atoms with E-state index in [0.717, 1.165) is 25.0 Å². The molecule has 124 valence electrons. The van der Waals surface area contributed by atoms with Gasteiger partial charge in [-0.25, -0.2) is 0 Å². The van der Waals surface area contributed by atoms with Crippen molar-refractivity contribution < 1.29 is 4.74 Å². The maximum atomic E-state index is 5.32. The summed E-state index contributed by atoms with van der Waals surface area (Å²) in [5.74, 6) is 0.901. The quantitative estimate of drug-likeness (QED) is 0.812. The van der Waals surface area contributed by atoms with E-state index in [1.807, 2.05) is 7.11 Å². The Labute approximate surface area is 131 Å². The van der Waals surface area contributed by atoms with Gasteiger partial charge < -0.3 is 10.1 Å². The molecule has 2 fully saturated rings. The number of methoxy groups -OCH3 is 1. The lowest BCUT2D eigenvalue weighted by Crippen LogP contribution is -2.66. The van der Waals surface area contributed by atoms with Crippen LogP contribution >= 0.6 is 0 Å². The van der Waals surface area contributed by atoms with Crippen LogP contribution in [-0.2, 0) is 4.74 Å². The van der Waals surface area contributed by atoms with Crippen molar-refractivity contribution in [2.45, 2.75) is 83.3 Å².